The molecule has 2 heterocycles. The molecule has 1 fully saturated rings. The molecule has 8 nitrogen and oxygen atoms in total. The van der Waals surface area contributed by atoms with Gasteiger partial charge in [-0.05, 0) is 78.8 Å². The fraction of sp³-hybridized carbons (Fsp3) is 0.387. The molecule has 0 bridgehead atoms. The molecule has 41 heavy (non-hydrogen) atoms. The second-order valence-electron chi connectivity index (χ2n) is 11.1. The molecule has 2 aliphatic heterocycles. The number of aliphatic carboxylic acids is 1. The summed E-state index contributed by atoms with van der Waals surface area (Å²) in [6, 6.07) is 12.6. The highest BCUT2D eigenvalue weighted by Crippen LogP contribution is 2.45. The molecule has 0 aromatic heterocycles. The van der Waals surface area contributed by atoms with E-state index in [1.54, 1.807) is 12.1 Å². The van der Waals surface area contributed by atoms with Gasteiger partial charge in [0.25, 0.3) is 0 Å². The minimum absolute atomic E-state index is 0.00520. The molecule has 0 radical (unpaired) electrons. The van der Waals surface area contributed by atoms with Gasteiger partial charge in [0, 0.05) is 36.1 Å². The van der Waals surface area contributed by atoms with Crippen LogP contribution >= 0.6 is 0 Å². The van der Waals surface area contributed by atoms with Gasteiger partial charge in [-0.15, -0.1) is 0 Å². The van der Waals surface area contributed by atoms with Crippen molar-refractivity contribution >= 4 is 16.0 Å². The average molecular weight is 582 g/mol. The Kier molecular flexibility index (Phi) is 7.15. The van der Waals surface area contributed by atoms with Gasteiger partial charge >= 0.3 is 5.97 Å². The Balaban J connectivity index is 1.24. The maximum Gasteiger partial charge on any atom is 0.304 e. The van der Waals surface area contributed by atoms with Crippen LogP contribution in [-0.4, -0.2) is 44.5 Å². The summed E-state index contributed by atoms with van der Waals surface area (Å²) in [5.41, 5.74) is 6.30. The van der Waals surface area contributed by atoms with Crippen molar-refractivity contribution in [1.29, 1.82) is 0 Å². The first kappa shape index (κ1) is 27.5. The van der Waals surface area contributed by atoms with Gasteiger partial charge < -0.3 is 19.3 Å². The van der Waals surface area contributed by atoms with E-state index in [4.69, 9.17) is 19.3 Å². The van der Waals surface area contributed by atoms with Crippen molar-refractivity contribution in [2.75, 3.05) is 18.9 Å². The standard InChI is InChI=1S/C31H32FNO7S/c1-17-11-22(39-21-9-10-41(36,37)33-15-21)12-18(2)30(17)24-5-7-26(32)31-25(24)6-8-27(31)40-20-3-4-23-19(13-29(34)35)16-38-28(23)14-20/h3-5,7,11-12,14,19,21,27,33H,6,8-10,13,15-16H2,1-2H3,(H,34,35). The number of nitrogens with one attached hydrogen (secondary N) is 1. The molecule has 3 aromatic rings. The Morgan fingerprint density at radius 2 is 1.85 bits per heavy atom. The second kappa shape index (κ2) is 10.6. The van der Waals surface area contributed by atoms with Crippen LogP contribution in [0.1, 0.15) is 59.1 Å². The SMILES string of the molecule is Cc1cc(OC2CCS(=O)(=O)NC2)cc(C)c1-c1ccc(F)c2c1CCC2Oc1ccc2c(c1)OCC2CC(=O)O. The number of aryl methyl sites for hydroxylation is 2. The van der Waals surface area contributed by atoms with Crippen LogP contribution in [0.5, 0.6) is 17.2 Å². The van der Waals surface area contributed by atoms with E-state index in [0.29, 0.717) is 48.7 Å². The minimum atomic E-state index is -3.21. The number of carboxylic acid groups (broad SMARTS) is 1. The summed E-state index contributed by atoms with van der Waals surface area (Å²) in [4.78, 5) is 11.2. The average Bonchev–Trinajstić information content (AvgIpc) is 3.51. The lowest BCUT2D eigenvalue weighted by Gasteiger charge is -2.25. The molecule has 0 amide bonds. The van der Waals surface area contributed by atoms with Gasteiger partial charge in [-0.25, -0.2) is 17.5 Å². The van der Waals surface area contributed by atoms with Crippen molar-refractivity contribution in [2.45, 2.75) is 57.7 Å². The number of halogens is 1. The third-order valence-electron chi connectivity index (χ3n) is 8.16. The zero-order chi connectivity index (χ0) is 28.9. The number of benzene rings is 3. The van der Waals surface area contributed by atoms with Gasteiger partial charge in [0.2, 0.25) is 10.0 Å². The fourth-order valence-electron chi connectivity index (χ4n) is 6.29. The topological polar surface area (TPSA) is 111 Å². The molecule has 1 aliphatic carbocycles. The van der Waals surface area contributed by atoms with Crippen molar-refractivity contribution < 1.29 is 36.9 Å². The summed E-state index contributed by atoms with van der Waals surface area (Å²) in [5.74, 6) is 0.526. The van der Waals surface area contributed by atoms with E-state index in [-0.39, 0.29) is 36.6 Å². The maximum absolute atomic E-state index is 15.3. The molecule has 3 unspecified atom stereocenters. The minimum Gasteiger partial charge on any atom is -0.492 e. The fourth-order valence-corrected chi connectivity index (χ4v) is 7.45. The highest BCUT2D eigenvalue weighted by Gasteiger charge is 2.32. The zero-order valence-electron chi connectivity index (χ0n) is 22.9. The molecule has 0 spiro atoms. The molecule has 3 aromatic carbocycles. The number of carboxylic acids is 1. The molecular weight excluding hydrogens is 549 g/mol. The number of sulfonamides is 1. The normalized spacial score (nSPS) is 22.5. The number of carbonyl (C=O) groups is 1. The molecule has 6 rings (SSSR count). The Morgan fingerprint density at radius 3 is 2.56 bits per heavy atom. The van der Waals surface area contributed by atoms with Crippen molar-refractivity contribution in [3.63, 3.8) is 0 Å². The van der Waals surface area contributed by atoms with Crippen molar-refractivity contribution in [3.8, 4) is 28.4 Å². The molecular formula is C31H32FNO7S. The Labute approximate surface area is 238 Å². The van der Waals surface area contributed by atoms with E-state index in [0.717, 1.165) is 33.4 Å². The van der Waals surface area contributed by atoms with E-state index in [9.17, 15) is 13.2 Å². The predicted octanol–water partition coefficient (Wildman–Crippen LogP) is 5.20. The molecule has 0 saturated carbocycles. The molecule has 216 valence electrons. The quantitative estimate of drug-likeness (QED) is 0.395. The van der Waals surface area contributed by atoms with Crippen LogP contribution in [0.2, 0.25) is 0 Å². The van der Waals surface area contributed by atoms with Crippen LogP contribution in [0.3, 0.4) is 0 Å². The van der Waals surface area contributed by atoms with Crippen LogP contribution in [0.25, 0.3) is 11.1 Å². The lowest BCUT2D eigenvalue weighted by Crippen LogP contribution is -2.43. The molecule has 3 aliphatic rings. The van der Waals surface area contributed by atoms with Crippen LogP contribution in [0.15, 0.2) is 42.5 Å². The van der Waals surface area contributed by atoms with E-state index >= 15 is 4.39 Å². The van der Waals surface area contributed by atoms with Crippen molar-refractivity contribution in [1.82, 2.24) is 4.72 Å². The number of hydrogen-bond acceptors (Lipinski definition) is 6. The number of rotatable bonds is 7. The van der Waals surface area contributed by atoms with Crippen molar-refractivity contribution in [2.24, 2.45) is 0 Å². The summed E-state index contributed by atoms with van der Waals surface area (Å²) in [6.45, 7) is 4.56. The maximum atomic E-state index is 15.3. The molecule has 1 saturated heterocycles. The van der Waals surface area contributed by atoms with E-state index in [1.807, 2.05) is 38.1 Å². The second-order valence-corrected chi connectivity index (χ2v) is 13.0. The van der Waals surface area contributed by atoms with Crippen LogP contribution in [0, 0.1) is 19.7 Å². The predicted molar refractivity (Wildman–Crippen MR) is 151 cm³/mol. The molecule has 10 heteroatoms. The van der Waals surface area contributed by atoms with Gasteiger partial charge in [-0.2, -0.15) is 0 Å². The van der Waals surface area contributed by atoms with Crippen molar-refractivity contribution in [3.05, 3.63) is 76.1 Å². The number of ether oxygens (including phenoxy) is 3. The Hall–Kier alpha value is -3.63. The van der Waals surface area contributed by atoms with Gasteiger partial charge in [0.15, 0.2) is 0 Å². The number of hydrogen-bond donors (Lipinski definition) is 2. The van der Waals surface area contributed by atoms with Gasteiger partial charge in [0.1, 0.15) is 35.3 Å². The first-order valence-corrected chi connectivity index (χ1v) is 15.5. The largest absolute Gasteiger partial charge is 0.492 e. The zero-order valence-corrected chi connectivity index (χ0v) is 23.7. The van der Waals surface area contributed by atoms with E-state index in [1.165, 1.54) is 6.07 Å². The summed E-state index contributed by atoms with van der Waals surface area (Å²) < 4.78 is 59.3. The highest BCUT2D eigenvalue weighted by molar-refractivity contribution is 7.89. The lowest BCUT2D eigenvalue weighted by atomic mass is 9.90. The Bertz CT molecular complexity index is 1600. The van der Waals surface area contributed by atoms with E-state index < -0.39 is 22.1 Å². The van der Waals surface area contributed by atoms with Crippen LogP contribution < -0.4 is 18.9 Å². The lowest BCUT2D eigenvalue weighted by molar-refractivity contribution is -0.137. The van der Waals surface area contributed by atoms with Gasteiger partial charge in [0.05, 0.1) is 18.8 Å². The highest BCUT2D eigenvalue weighted by atomic mass is 32.2. The monoisotopic (exact) mass is 581 g/mol. The first-order valence-electron chi connectivity index (χ1n) is 13.8. The molecule has 2 N–H and O–H groups in total. The van der Waals surface area contributed by atoms with Crippen LogP contribution in [-0.2, 0) is 21.2 Å². The summed E-state index contributed by atoms with van der Waals surface area (Å²) in [6.07, 6.45) is 1.03. The van der Waals surface area contributed by atoms with E-state index in [2.05, 4.69) is 4.72 Å². The first-order chi connectivity index (χ1) is 19.6. The van der Waals surface area contributed by atoms with Crippen LogP contribution in [0.4, 0.5) is 4.39 Å². The third-order valence-corrected chi connectivity index (χ3v) is 9.54. The Morgan fingerprint density at radius 1 is 1.07 bits per heavy atom. The number of fused-ring (bicyclic) bond motifs is 2. The summed E-state index contributed by atoms with van der Waals surface area (Å²) in [5, 5.41) is 9.16. The summed E-state index contributed by atoms with van der Waals surface area (Å²) >= 11 is 0. The van der Waals surface area contributed by atoms with Gasteiger partial charge in [-0.3, -0.25) is 4.79 Å². The third kappa shape index (κ3) is 5.50. The van der Waals surface area contributed by atoms with Gasteiger partial charge in [-0.1, -0.05) is 12.1 Å². The molecule has 3 atom stereocenters. The summed E-state index contributed by atoms with van der Waals surface area (Å²) in [7, 11) is -3.21. The smallest absolute Gasteiger partial charge is 0.304 e.